The van der Waals surface area contributed by atoms with E-state index in [1.807, 2.05) is 65.3 Å². The molecule has 0 unspecified atom stereocenters. The maximum absolute atomic E-state index is 10.1. The van der Waals surface area contributed by atoms with Gasteiger partial charge in [0.25, 0.3) is 0 Å². The van der Waals surface area contributed by atoms with Crippen molar-refractivity contribution in [2.45, 2.75) is 0 Å². The van der Waals surface area contributed by atoms with Gasteiger partial charge in [0.05, 0.1) is 11.2 Å². The van der Waals surface area contributed by atoms with Gasteiger partial charge in [0.2, 0.25) is 0 Å². The molecule has 29 heavy (non-hydrogen) atoms. The maximum Gasteiger partial charge on any atom is 0.136 e. The third kappa shape index (κ3) is 2.36. The molecule has 0 fully saturated rings. The number of hydrogen-bond donors (Lipinski definition) is 1. The number of benzene rings is 4. The number of aromatic nitrogens is 2. The average Bonchev–Trinajstić information content (AvgIpc) is 3.33. The van der Waals surface area contributed by atoms with E-state index in [-0.39, 0.29) is 5.75 Å². The molecule has 6 rings (SSSR count). The second-order valence-electron chi connectivity index (χ2n) is 7.08. The van der Waals surface area contributed by atoms with E-state index in [1.165, 1.54) is 0 Å². The Morgan fingerprint density at radius 1 is 0.724 bits per heavy atom. The Kier molecular flexibility index (Phi) is 3.29. The van der Waals surface area contributed by atoms with Crippen molar-refractivity contribution in [2.75, 3.05) is 0 Å². The number of phenolic OH excluding ortho intramolecular Hbond substituents is 1. The summed E-state index contributed by atoms with van der Waals surface area (Å²) in [6.45, 7) is 0. The Morgan fingerprint density at radius 2 is 1.45 bits per heavy atom. The summed E-state index contributed by atoms with van der Waals surface area (Å²) in [7, 11) is 0. The zero-order valence-corrected chi connectivity index (χ0v) is 15.4. The molecule has 0 spiro atoms. The standard InChI is InChI=1S/C25H16N2O2/c28-18-11-13-21-19(15-18)23-22(29-21)14-12-20-24(23)25(16-7-3-1-4-8-16)26-27(20)17-9-5-2-6-10-17/h1-15,28H. The average molecular weight is 376 g/mol. The predicted molar refractivity (Wildman–Crippen MR) is 115 cm³/mol. The predicted octanol–water partition coefficient (Wildman–Crippen LogP) is 6.30. The van der Waals surface area contributed by atoms with Gasteiger partial charge in [0, 0.05) is 21.7 Å². The van der Waals surface area contributed by atoms with Gasteiger partial charge in [0.1, 0.15) is 22.6 Å². The van der Waals surface area contributed by atoms with Gasteiger partial charge in [-0.25, -0.2) is 4.68 Å². The SMILES string of the molecule is Oc1ccc2oc3ccc4c(c(-c5ccccc5)nn4-c4ccccc4)c3c2c1. The van der Waals surface area contributed by atoms with Crippen molar-refractivity contribution >= 4 is 32.8 Å². The smallest absolute Gasteiger partial charge is 0.136 e. The van der Waals surface area contributed by atoms with Crippen molar-refractivity contribution < 1.29 is 9.52 Å². The van der Waals surface area contributed by atoms with Gasteiger partial charge >= 0.3 is 0 Å². The van der Waals surface area contributed by atoms with Gasteiger partial charge in [0.15, 0.2) is 0 Å². The summed E-state index contributed by atoms with van der Waals surface area (Å²) >= 11 is 0. The number of aromatic hydroxyl groups is 1. The van der Waals surface area contributed by atoms with Crippen LogP contribution in [0.2, 0.25) is 0 Å². The lowest BCUT2D eigenvalue weighted by Gasteiger charge is -2.02. The Morgan fingerprint density at radius 3 is 2.24 bits per heavy atom. The first-order valence-corrected chi connectivity index (χ1v) is 9.47. The van der Waals surface area contributed by atoms with Crippen LogP contribution in [0, 0.1) is 0 Å². The molecule has 0 bridgehead atoms. The fourth-order valence-corrected chi connectivity index (χ4v) is 4.03. The van der Waals surface area contributed by atoms with Crippen LogP contribution in [0.25, 0.3) is 49.8 Å². The molecule has 2 aromatic heterocycles. The van der Waals surface area contributed by atoms with Crippen LogP contribution in [0.15, 0.2) is 95.4 Å². The van der Waals surface area contributed by atoms with Crippen molar-refractivity contribution in [1.82, 2.24) is 9.78 Å². The van der Waals surface area contributed by atoms with E-state index in [1.54, 1.807) is 18.2 Å². The molecular formula is C25H16N2O2. The van der Waals surface area contributed by atoms with Gasteiger partial charge in [-0.2, -0.15) is 5.10 Å². The van der Waals surface area contributed by atoms with E-state index in [2.05, 4.69) is 12.1 Å². The van der Waals surface area contributed by atoms with Crippen molar-refractivity contribution in [3.8, 4) is 22.7 Å². The number of hydrogen-bond acceptors (Lipinski definition) is 3. The van der Waals surface area contributed by atoms with E-state index in [0.717, 1.165) is 49.8 Å². The van der Waals surface area contributed by atoms with Crippen LogP contribution in [0.1, 0.15) is 0 Å². The second kappa shape index (κ2) is 5.97. The number of nitrogens with zero attached hydrogens (tertiary/aromatic N) is 2. The lowest BCUT2D eigenvalue weighted by Crippen LogP contribution is -1.95. The summed E-state index contributed by atoms with van der Waals surface area (Å²) in [5.41, 5.74) is 5.44. The minimum Gasteiger partial charge on any atom is -0.508 e. The van der Waals surface area contributed by atoms with Crippen LogP contribution in [0.3, 0.4) is 0 Å². The minimum absolute atomic E-state index is 0.217. The summed E-state index contributed by atoms with van der Waals surface area (Å²) in [4.78, 5) is 0. The molecule has 138 valence electrons. The van der Waals surface area contributed by atoms with Crippen LogP contribution in [0.5, 0.6) is 5.75 Å². The van der Waals surface area contributed by atoms with Gasteiger partial charge in [-0.1, -0.05) is 48.5 Å². The molecular weight excluding hydrogens is 360 g/mol. The first-order valence-electron chi connectivity index (χ1n) is 9.47. The molecule has 0 aliphatic carbocycles. The Bertz CT molecular complexity index is 1500. The second-order valence-corrected chi connectivity index (χ2v) is 7.08. The van der Waals surface area contributed by atoms with Gasteiger partial charge in [-0.05, 0) is 42.5 Å². The molecule has 0 aliphatic rings. The Balaban J connectivity index is 1.82. The first-order chi connectivity index (χ1) is 14.3. The summed E-state index contributed by atoms with van der Waals surface area (Å²) in [6.07, 6.45) is 0. The lowest BCUT2D eigenvalue weighted by atomic mass is 10.0. The highest BCUT2D eigenvalue weighted by Crippen LogP contribution is 2.40. The maximum atomic E-state index is 10.1. The summed E-state index contributed by atoms with van der Waals surface area (Å²) in [6, 6.07) is 29.5. The molecule has 4 heteroatoms. The van der Waals surface area contributed by atoms with E-state index >= 15 is 0 Å². The highest BCUT2D eigenvalue weighted by Gasteiger charge is 2.20. The van der Waals surface area contributed by atoms with Gasteiger partial charge in [-0.3, -0.25) is 0 Å². The van der Waals surface area contributed by atoms with Crippen LogP contribution in [-0.4, -0.2) is 14.9 Å². The fraction of sp³-hybridized carbons (Fsp3) is 0. The van der Waals surface area contributed by atoms with Crippen LogP contribution in [-0.2, 0) is 0 Å². The zero-order chi connectivity index (χ0) is 19.4. The van der Waals surface area contributed by atoms with E-state index in [9.17, 15) is 5.11 Å². The van der Waals surface area contributed by atoms with Crippen LogP contribution in [0.4, 0.5) is 0 Å². The summed E-state index contributed by atoms with van der Waals surface area (Å²) in [5, 5.41) is 18.0. The molecule has 2 heterocycles. The molecule has 0 saturated carbocycles. The van der Waals surface area contributed by atoms with Gasteiger partial charge < -0.3 is 9.52 Å². The molecule has 0 atom stereocenters. The molecule has 0 aliphatic heterocycles. The third-order valence-electron chi connectivity index (χ3n) is 5.31. The molecule has 4 nitrogen and oxygen atoms in total. The first kappa shape index (κ1) is 16.0. The van der Waals surface area contributed by atoms with E-state index in [0.29, 0.717) is 0 Å². The topological polar surface area (TPSA) is 51.2 Å². The highest BCUT2D eigenvalue weighted by molar-refractivity contribution is 6.22. The van der Waals surface area contributed by atoms with E-state index < -0.39 is 0 Å². The number of rotatable bonds is 2. The van der Waals surface area contributed by atoms with Crippen molar-refractivity contribution in [3.63, 3.8) is 0 Å². The van der Waals surface area contributed by atoms with Gasteiger partial charge in [-0.15, -0.1) is 0 Å². The molecule has 0 radical (unpaired) electrons. The number of fused-ring (bicyclic) bond motifs is 5. The Hall–Kier alpha value is -4.05. The fourth-order valence-electron chi connectivity index (χ4n) is 4.03. The third-order valence-corrected chi connectivity index (χ3v) is 5.31. The quantitative estimate of drug-likeness (QED) is 0.386. The molecule has 0 saturated heterocycles. The number of furan rings is 1. The van der Waals surface area contributed by atoms with Crippen LogP contribution < -0.4 is 0 Å². The molecule has 4 aromatic carbocycles. The lowest BCUT2D eigenvalue weighted by molar-refractivity contribution is 0.476. The van der Waals surface area contributed by atoms with E-state index in [4.69, 9.17) is 9.52 Å². The van der Waals surface area contributed by atoms with Crippen LogP contribution >= 0.6 is 0 Å². The molecule has 0 amide bonds. The Labute approximate surface area is 166 Å². The minimum atomic E-state index is 0.217. The summed E-state index contributed by atoms with van der Waals surface area (Å²) < 4.78 is 8.04. The zero-order valence-electron chi connectivity index (χ0n) is 15.4. The summed E-state index contributed by atoms with van der Waals surface area (Å²) in [5.74, 6) is 0.217. The van der Waals surface area contributed by atoms with Crippen molar-refractivity contribution in [3.05, 3.63) is 91.0 Å². The molecule has 1 N–H and O–H groups in total. The van der Waals surface area contributed by atoms with Crippen molar-refractivity contribution in [1.29, 1.82) is 0 Å². The normalized spacial score (nSPS) is 11.6. The number of para-hydroxylation sites is 1. The molecule has 6 aromatic rings. The highest BCUT2D eigenvalue weighted by atomic mass is 16.3. The van der Waals surface area contributed by atoms with Crippen molar-refractivity contribution in [2.24, 2.45) is 0 Å². The monoisotopic (exact) mass is 376 g/mol. The largest absolute Gasteiger partial charge is 0.508 e. The number of phenols is 1.